The molecule has 2 rings (SSSR count). The molecule has 0 fully saturated rings. The van der Waals surface area contributed by atoms with Gasteiger partial charge in [0.15, 0.2) is 5.69 Å². The fourth-order valence-electron chi connectivity index (χ4n) is 1.91. The number of nitrogens with zero attached hydrogens (tertiary/aromatic N) is 1. The molecule has 1 heterocycles. The van der Waals surface area contributed by atoms with E-state index in [4.69, 9.17) is 11.6 Å². The quantitative estimate of drug-likeness (QED) is 0.728. The number of methoxy groups -OCH3 is 1. The van der Waals surface area contributed by atoms with Crippen LogP contribution in [0.5, 0.6) is 0 Å². The van der Waals surface area contributed by atoms with E-state index in [9.17, 15) is 4.79 Å². The first-order chi connectivity index (χ1) is 8.02. The SMILES string of the molecule is COC(=O)c1cc(Cl)c2c(C)cc(C)cc2n1. The molecule has 4 heteroatoms. The molecule has 0 bridgehead atoms. The summed E-state index contributed by atoms with van der Waals surface area (Å²) in [4.78, 5) is 15.7. The van der Waals surface area contributed by atoms with Crippen molar-refractivity contribution < 1.29 is 9.53 Å². The van der Waals surface area contributed by atoms with E-state index in [1.54, 1.807) is 0 Å². The zero-order valence-electron chi connectivity index (χ0n) is 9.87. The van der Waals surface area contributed by atoms with E-state index in [0.29, 0.717) is 5.02 Å². The van der Waals surface area contributed by atoms with Crippen molar-refractivity contribution in [2.24, 2.45) is 0 Å². The molecular weight excluding hydrogens is 238 g/mol. The third-order valence-corrected chi connectivity index (χ3v) is 2.89. The standard InChI is InChI=1S/C13H12ClNO2/c1-7-4-8(2)12-9(14)6-11(13(16)17-3)15-10(12)5-7/h4-6H,1-3H3. The molecule has 2 aromatic rings. The van der Waals surface area contributed by atoms with E-state index in [0.717, 1.165) is 22.0 Å². The van der Waals surface area contributed by atoms with Crippen molar-refractivity contribution >= 4 is 28.5 Å². The van der Waals surface area contributed by atoms with Crippen molar-refractivity contribution in [2.75, 3.05) is 7.11 Å². The van der Waals surface area contributed by atoms with Crippen molar-refractivity contribution in [3.63, 3.8) is 0 Å². The number of hydrogen-bond donors (Lipinski definition) is 0. The third kappa shape index (κ3) is 2.11. The number of aromatic nitrogens is 1. The van der Waals surface area contributed by atoms with Crippen LogP contribution in [0.15, 0.2) is 18.2 Å². The van der Waals surface area contributed by atoms with Crippen LogP contribution in [0.1, 0.15) is 21.6 Å². The fraction of sp³-hybridized carbons (Fsp3) is 0.231. The Morgan fingerprint density at radius 3 is 2.65 bits per heavy atom. The molecule has 0 radical (unpaired) electrons. The summed E-state index contributed by atoms with van der Waals surface area (Å²) in [7, 11) is 1.32. The topological polar surface area (TPSA) is 39.2 Å². The molecule has 0 unspecified atom stereocenters. The molecule has 3 nitrogen and oxygen atoms in total. The predicted octanol–water partition coefficient (Wildman–Crippen LogP) is 3.29. The fourth-order valence-corrected chi connectivity index (χ4v) is 2.26. The van der Waals surface area contributed by atoms with Gasteiger partial charge in [0, 0.05) is 5.39 Å². The highest BCUT2D eigenvalue weighted by molar-refractivity contribution is 6.36. The molecule has 0 aliphatic rings. The van der Waals surface area contributed by atoms with E-state index < -0.39 is 5.97 Å². The van der Waals surface area contributed by atoms with Crippen molar-refractivity contribution in [2.45, 2.75) is 13.8 Å². The maximum atomic E-state index is 11.4. The second kappa shape index (κ2) is 4.34. The van der Waals surface area contributed by atoms with Crippen LogP contribution in [0.3, 0.4) is 0 Å². The lowest BCUT2D eigenvalue weighted by Crippen LogP contribution is -2.04. The number of rotatable bonds is 1. The summed E-state index contributed by atoms with van der Waals surface area (Å²) in [5, 5.41) is 1.40. The molecule has 0 saturated carbocycles. The van der Waals surface area contributed by atoms with E-state index in [1.165, 1.54) is 13.2 Å². The highest BCUT2D eigenvalue weighted by atomic mass is 35.5. The first-order valence-electron chi connectivity index (χ1n) is 5.18. The highest BCUT2D eigenvalue weighted by Crippen LogP contribution is 2.27. The number of aryl methyl sites for hydroxylation is 2. The number of fused-ring (bicyclic) bond motifs is 1. The van der Waals surface area contributed by atoms with Crippen LogP contribution in [0.2, 0.25) is 5.02 Å². The maximum absolute atomic E-state index is 11.4. The lowest BCUT2D eigenvalue weighted by atomic mass is 10.1. The van der Waals surface area contributed by atoms with Crippen LogP contribution in [-0.2, 0) is 4.74 Å². The molecule has 0 spiro atoms. The second-order valence-electron chi connectivity index (χ2n) is 3.96. The molecule has 0 atom stereocenters. The van der Waals surface area contributed by atoms with Gasteiger partial charge in [0.05, 0.1) is 17.6 Å². The third-order valence-electron chi connectivity index (χ3n) is 2.60. The summed E-state index contributed by atoms with van der Waals surface area (Å²) in [6.07, 6.45) is 0. The molecule has 0 aliphatic carbocycles. The minimum atomic E-state index is -0.479. The van der Waals surface area contributed by atoms with Gasteiger partial charge >= 0.3 is 5.97 Å². The smallest absolute Gasteiger partial charge is 0.356 e. The van der Waals surface area contributed by atoms with Crippen molar-refractivity contribution in [3.8, 4) is 0 Å². The van der Waals surface area contributed by atoms with Crippen LogP contribution in [-0.4, -0.2) is 18.1 Å². The second-order valence-corrected chi connectivity index (χ2v) is 4.36. The van der Waals surface area contributed by atoms with Gasteiger partial charge in [-0.2, -0.15) is 0 Å². The number of esters is 1. The number of pyridine rings is 1. The lowest BCUT2D eigenvalue weighted by Gasteiger charge is -2.07. The van der Waals surface area contributed by atoms with Gasteiger partial charge in [-0.15, -0.1) is 0 Å². The van der Waals surface area contributed by atoms with E-state index in [2.05, 4.69) is 9.72 Å². The molecule has 88 valence electrons. The summed E-state index contributed by atoms with van der Waals surface area (Å²) < 4.78 is 4.64. The average Bonchev–Trinajstić information content (AvgIpc) is 2.26. The number of halogens is 1. The summed E-state index contributed by atoms with van der Waals surface area (Å²) >= 11 is 6.17. The Hall–Kier alpha value is -1.61. The van der Waals surface area contributed by atoms with Gasteiger partial charge in [0.25, 0.3) is 0 Å². The molecule has 17 heavy (non-hydrogen) atoms. The highest BCUT2D eigenvalue weighted by Gasteiger charge is 2.12. The lowest BCUT2D eigenvalue weighted by molar-refractivity contribution is 0.0594. The van der Waals surface area contributed by atoms with Gasteiger partial charge in [-0.05, 0) is 37.1 Å². The predicted molar refractivity (Wildman–Crippen MR) is 67.6 cm³/mol. The average molecular weight is 250 g/mol. The molecule has 0 saturated heterocycles. The molecule has 1 aromatic carbocycles. The van der Waals surface area contributed by atoms with E-state index in [-0.39, 0.29) is 5.69 Å². The number of carbonyl (C=O) groups excluding carboxylic acids is 1. The zero-order valence-corrected chi connectivity index (χ0v) is 10.6. The van der Waals surface area contributed by atoms with Crippen molar-refractivity contribution in [1.29, 1.82) is 0 Å². The van der Waals surface area contributed by atoms with Gasteiger partial charge in [0.1, 0.15) is 0 Å². The largest absolute Gasteiger partial charge is 0.464 e. The molecule has 0 N–H and O–H groups in total. The molecular formula is C13H12ClNO2. The summed E-state index contributed by atoms with van der Waals surface area (Å²) in [5.74, 6) is -0.479. The normalized spacial score (nSPS) is 10.6. The van der Waals surface area contributed by atoms with E-state index >= 15 is 0 Å². The minimum Gasteiger partial charge on any atom is -0.464 e. The van der Waals surface area contributed by atoms with Gasteiger partial charge in [-0.1, -0.05) is 17.7 Å². The summed E-state index contributed by atoms with van der Waals surface area (Å²) in [5.41, 5.74) is 3.08. The monoisotopic (exact) mass is 249 g/mol. The van der Waals surface area contributed by atoms with Crippen LogP contribution in [0, 0.1) is 13.8 Å². The minimum absolute atomic E-state index is 0.231. The number of carbonyl (C=O) groups is 1. The van der Waals surface area contributed by atoms with E-state index in [1.807, 2.05) is 26.0 Å². The molecule has 0 aliphatic heterocycles. The first-order valence-corrected chi connectivity index (χ1v) is 5.56. The number of benzene rings is 1. The van der Waals surface area contributed by atoms with Crippen LogP contribution in [0.4, 0.5) is 0 Å². The van der Waals surface area contributed by atoms with Crippen molar-refractivity contribution in [1.82, 2.24) is 4.98 Å². The Morgan fingerprint density at radius 1 is 1.29 bits per heavy atom. The Labute approximate surface area is 104 Å². The van der Waals surface area contributed by atoms with Gasteiger partial charge in [-0.3, -0.25) is 0 Å². The molecule has 1 aromatic heterocycles. The van der Waals surface area contributed by atoms with Gasteiger partial charge in [-0.25, -0.2) is 9.78 Å². The molecule has 0 amide bonds. The maximum Gasteiger partial charge on any atom is 0.356 e. The summed E-state index contributed by atoms with van der Waals surface area (Å²) in [6.45, 7) is 3.95. The zero-order chi connectivity index (χ0) is 12.6. The summed E-state index contributed by atoms with van der Waals surface area (Å²) in [6, 6.07) is 5.48. The Kier molecular flexibility index (Phi) is 3.03. The van der Waals surface area contributed by atoms with Crippen LogP contribution in [0.25, 0.3) is 10.9 Å². The van der Waals surface area contributed by atoms with Gasteiger partial charge < -0.3 is 4.74 Å². The Balaban J connectivity index is 2.77. The Bertz CT molecular complexity index is 608. The first kappa shape index (κ1) is 11.9. The number of ether oxygens (including phenoxy) is 1. The van der Waals surface area contributed by atoms with Crippen LogP contribution >= 0.6 is 11.6 Å². The van der Waals surface area contributed by atoms with Crippen molar-refractivity contribution in [3.05, 3.63) is 40.0 Å². The number of hydrogen-bond acceptors (Lipinski definition) is 3. The Morgan fingerprint density at radius 2 is 2.00 bits per heavy atom. The van der Waals surface area contributed by atoms with Crippen LogP contribution < -0.4 is 0 Å². The van der Waals surface area contributed by atoms with Gasteiger partial charge in [0.2, 0.25) is 0 Å².